The molecular formula is C51H90O9. The van der Waals surface area contributed by atoms with Gasteiger partial charge in [-0.3, -0.25) is 4.79 Å². The molecule has 1 saturated heterocycles. The number of ether oxygens (including phenoxy) is 4. The van der Waals surface area contributed by atoms with Crippen LogP contribution in [0.4, 0.5) is 0 Å². The highest BCUT2D eigenvalue weighted by molar-refractivity contribution is 5.69. The fourth-order valence-corrected chi connectivity index (χ4v) is 7.18. The van der Waals surface area contributed by atoms with Crippen molar-refractivity contribution >= 4 is 5.97 Å². The van der Waals surface area contributed by atoms with Gasteiger partial charge in [0.15, 0.2) is 6.29 Å². The molecule has 6 atom stereocenters. The molecular weight excluding hydrogens is 757 g/mol. The summed E-state index contributed by atoms with van der Waals surface area (Å²) in [7, 11) is 0. The molecule has 60 heavy (non-hydrogen) atoms. The minimum Gasteiger partial charge on any atom is -0.457 e. The molecule has 0 bridgehead atoms. The molecule has 1 heterocycles. The molecule has 0 radical (unpaired) electrons. The van der Waals surface area contributed by atoms with Crippen molar-refractivity contribution in [3.8, 4) is 0 Å². The van der Waals surface area contributed by atoms with Gasteiger partial charge in [0.05, 0.1) is 19.8 Å². The van der Waals surface area contributed by atoms with Gasteiger partial charge in [-0.15, -0.1) is 0 Å². The van der Waals surface area contributed by atoms with Crippen LogP contribution in [0.5, 0.6) is 0 Å². The highest BCUT2D eigenvalue weighted by Crippen LogP contribution is 2.22. The average molecular weight is 847 g/mol. The van der Waals surface area contributed by atoms with E-state index in [1.807, 2.05) is 0 Å². The number of hydrogen-bond donors (Lipinski definition) is 4. The van der Waals surface area contributed by atoms with Crippen molar-refractivity contribution in [3.05, 3.63) is 60.8 Å². The van der Waals surface area contributed by atoms with Crippen molar-refractivity contribution in [2.75, 3.05) is 26.4 Å². The summed E-state index contributed by atoms with van der Waals surface area (Å²) in [5.74, 6) is -0.368. The van der Waals surface area contributed by atoms with Crippen molar-refractivity contribution in [2.45, 2.75) is 230 Å². The van der Waals surface area contributed by atoms with Gasteiger partial charge in [0, 0.05) is 13.0 Å². The second-order valence-corrected chi connectivity index (χ2v) is 16.5. The Morgan fingerprint density at radius 1 is 0.550 bits per heavy atom. The maximum absolute atomic E-state index is 12.8. The van der Waals surface area contributed by atoms with Crippen LogP contribution in [-0.4, -0.2) is 89.6 Å². The van der Waals surface area contributed by atoms with E-state index in [4.69, 9.17) is 18.9 Å². The van der Waals surface area contributed by atoms with Crippen LogP contribution in [0.25, 0.3) is 0 Å². The lowest BCUT2D eigenvalue weighted by atomic mass is 9.99. The number of hydrogen-bond acceptors (Lipinski definition) is 9. The molecule has 1 rings (SSSR count). The Morgan fingerprint density at radius 3 is 1.47 bits per heavy atom. The maximum Gasteiger partial charge on any atom is 0.306 e. The third kappa shape index (κ3) is 32.6. The number of esters is 1. The van der Waals surface area contributed by atoms with Crippen molar-refractivity contribution in [1.29, 1.82) is 0 Å². The summed E-state index contributed by atoms with van der Waals surface area (Å²) in [4.78, 5) is 12.8. The smallest absolute Gasteiger partial charge is 0.306 e. The number of rotatable bonds is 41. The number of allylic oxidation sites excluding steroid dienone is 10. The maximum atomic E-state index is 12.8. The van der Waals surface area contributed by atoms with Gasteiger partial charge in [-0.25, -0.2) is 0 Å². The van der Waals surface area contributed by atoms with E-state index in [1.54, 1.807) is 0 Å². The van der Waals surface area contributed by atoms with Gasteiger partial charge in [-0.05, 0) is 51.4 Å². The second-order valence-electron chi connectivity index (χ2n) is 16.5. The summed E-state index contributed by atoms with van der Waals surface area (Å²) < 4.78 is 22.8. The van der Waals surface area contributed by atoms with Gasteiger partial charge >= 0.3 is 5.97 Å². The van der Waals surface area contributed by atoms with Gasteiger partial charge in [0.1, 0.15) is 30.5 Å². The molecule has 1 aliphatic rings. The molecule has 0 amide bonds. The lowest BCUT2D eigenvalue weighted by Crippen LogP contribution is -2.59. The number of carbonyl (C=O) groups excluding carboxylic acids is 1. The first-order chi connectivity index (χ1) is 29.4. The van der Waals surface area contributed by atoms with Gasteiger partial charge in [-0.1, -0.05) is 197 Å². The highest BCUT2D eigenvalue weighted by atomic mass is 16.7. The Morgan fingerprint density at radius 2 is 1.00 bits per heavy atom. The number of unbranched alkanes of at least 4 members (excludes halogenated alkanes) is 20. The first kappa shape index (κ1) is 55.9. The molecule has 348 valence electrons. The molecule has 6 unspecified atom stereocenters. The summed E-state index contributed by atoms with van der Waals surface area (Å²) in [5.41, 5.74) is 0. The van der Waals surface area contributed by atoms with Crippen LogP contribution in [0.15, 0.2) is 60.8 Å². The molecule has 4 N–H and O–H groups in total. The van der Waals surface area contributed by atoms with E-state index in [-0.39, 0.29) is 25.6 Å². The molecule has 0 aromatic carbocycles. The van der Waals surface area contributed by atoms with E-state index in [2.05, 4.69) is 74.6 Å². The largest absolute Gasteiger partial charge is 0.457 e. The number of aliphatic hydroxyl groups excluding tert-OH is 4. The fraction of sp³-hybridized carbons (Fsp3) is 0.784. The van der Waals surface area contributed by atoms with E-state index in [0.29, 0.717) is 13.0 Å². The standard InChI is InChI=1S/C51H90O9/c1-3-5-7-9-11-13-15-17-19-21-22-23-25-27-29-31-33-35-37-39-41-57-43-45(44-58-51-50(56)49(55)48(54)46(42-52)60-51)59-47(53)40-38-36-34-32-30-28-26-24-20-18-16-14-12-10-8-6-4-2/h6,8,12,14,18,20,26,28,32,34,45-46,48-52,54-56H,3-5,7,9-11,13,15-17,19,21-25,27,29-31,33,35-44H2,1-2H3/b8-6-,14-12-,20-18-,28-26-,34-32-. The van der Waals surface area contributed by atoms with Crippen molar-refractivity contribution < 1.29 is 44.2 Å². The third-order valence-electron chi connectivity index (χ3n) is 10.9. The van der Waals surface area contributed by atoms with Crippen molar-refractivity contribution in [3.63, 3.8) is 0 Å². The topological polar surface area (TPSA) is 135 Å². The number of carbonyl (C=O) groups is 1. The van der Waals surface area contributed by atoms with Crippen LogP contribution in [0, 0.1) is 0 Å². The van der Waals surface area contributed by atoms with Gasteiger partial charge in [0.2, 0.25) is 0 Å². The van der Waals surface area contributed by atoms with Crippen LogP contribution >= 0.6 is 0 Å². The quantitative estimate of drug-likeness (QED) is 0.0269. The summed E-state index contributed by atoms with van der Waals surface area (Å²) in [6, 6.07) is 0. The minimum atomic E-state index is -1.55. The van der Waals surface area contributed by atoms with Crippen LogP contribution in [0.2, 0.25) is 0 Å². The minimum absolute atomic E-state index is 0.122. The Balaban J connectivity index is 2.26. The summed E-state index contributed by atoms with van der Waals surface area (Å²) in [5, 5.41) is 40.2. The second kappa shape index (κ2) is 42.2. The lowest BCUT2D eigenvalue weighted by Gasteiger charge is -2.39. The molecule has 1 aliphatic heterocycles. The van der Waals surface area contributed by atoms with Crippen molar-refractivity contribution in [1.82, 2.24) is 0 Å². The third-order valence-corrected chi connectivity index (χ3v) is 10.9. The molecule has 0 aromatic heterocycles. The Kier molecular flexibility index (Phi) is 39.3. The molecule has 9 heteroatoms. The first-order valence-electron chi connectivity index (χ1n) is 24.4. The highest BCUT2D eigenvalue weighted by Gasteiger charge is 2.44. The van der Waals surface area contributed by atoms with E-state index in [9.17, 15) is 25.2 Å². The van der Waals surface area contributed by atoms with Crippen LogP contribution in [-0.2, 0) is 23.7 Å². The summed E-state index contributed by atoms with van der Waals surface area (Å²) in [6.45, 7) is 4.39. The first-order valence-corrected chi connectivity index (χ1v) is 24.4. The Bertz CT molecular complexity index is 1100. The monoisotopic (exact) mass is 847 g/mol. The van der Waals surface area contributed by atoms with Crippen molar-refractivity contribution in [2.24, 2.45) is 0 Å². The molecule has 9 nitrogen and oxygen atoms in total. The number of aliphatic hydroxyl groups is 4. The molecule has 1 fully saturated rings. The zero-order valence-electron chi connectivity index (χ0n) is 38.2. The van der Waals surface area contributed by atoms with Crippen LogP contribution in [0.1, 0.15) is 194 Å². The molecule has 0 spiro atoms. The molecule has 0 aliphatic carbocycles. The average Bonchev–Trinajstić information content (AvgIpc) is 3.25. The predicted octanol–water partition coefficient (Wildman–Crippen LogP) is 11.5. The zero-order chi connectivity index (χ0) is 43.6. The summed E-state index contributed by atoms with van der Waals surface area (Å²) in [6.07, 6.45) is 46.9. The zero-order valence-corrected chi connectivity index (χ0v) is 38.2. The van der Waals surface area contributed by atoms with Gasteiger partial charge in [0.25, 0.3) is 0 Å². The predicted molar refractivity (Wildman–Crippen MR) is 247 cm³/mol. The molecule has 0 saturated carbocycles. The molecule has 0 aromatic rings. The van der Waals surface area contributed by atoms with Gasteiger partial charge < -0.3 is 39.4 Å². The SMILES string of the molecule is CC/C=C\C/C=C\C/C=C\C/C=C\C/C=C\CCCC(=O)OC(COCCCCCCCCCCCCCCCCCCCCCC)COC1OC(CO)C(O)C(O)C1O. The fourth-order valence-electron chi connectivity index (χ4n) is 7.18. The van der Waals surface area contributed by atoms with Gasteiger partial charge in [-0.2, -0.15) is 0 Å². The normalized spacial score (nSPS) is 20.5. The van der Waals surface area contributed by atoms with E-state index >= 15 is 0 Å². The van der Waals surface area contributed by atoms with E-state index in [0.717, 1.165) is 51.4 Å². The Hall–Kier alpha value is -2.11. The van der Waals surface area contributed by atoms with E-state index in [1.165, 1.54) is 116 Å². The van der Waals surface area contributed by atoms with Crippen LogP contribution < -0.4 is 0 Å². The van der Waals surface area contributed by atoms with E-state index < -0.39 is 43.4 Å². The lowest BCUT2D eigenvalue weighted by molar-refractivity contribution is -0.305. The Labute approximate surface area is 366 Å². The summed E-state index contributed by atoms with van der Waals surface area (Å²) >= 11 is 0. The van der Waals surface area contributed by atoms with Crippen LogP contribution in [0.3, 0.4) is 0 Å².